The lowest BCUT2D eigenvalue weighted by atomic mass is 10.1. The van der Waals surface area contributed by atoms with Crippen molar-refractivity contribution in [1.82, 2.24) is 0 Å². The van der Waals surface area contributed by atoms with Crippen LogP contribution in [0.5, 0.6) is 0 Å². The molecule has 0 aromatic rings. The first-order valence-electron chi connectivity index (χ1n) is 20.9. The zero-order valence-electron chi connectivity index (χ0n) is 34.1. The van der Waals surface area contributed by atoms with Gasteiger partial charge in [-0.05, 0) is 64.2 Å². The molecule has 0 saturated carbocycles. The molecule has 3 atom stereocenters. The molecule has 0 fully saturated rings. The highest BCUT2D eigenvalue weighted by atomic mass is 31.2. The Morgan fingerprint density at radius 1 is 0.582 bits per heavy atom. The molecule has 0 aromatic heterocycles. The van der Waals surface area contributed by atoms with E-state index in [2.05, 4.69) is 54.8 Å². The third kappa shape index (κ3) is 39.4. The molecule has 55 heavy (non-hydrogen) atoms. The van der Waals surface area contributed by atoms with Gasteiger partial charge in [0.2, 0.25) is 0 Å². The first-order chi connectivity index (χ1) is 26.7. The molecule has 10 nitrogen and oxygen atoms in total. The highest BCUT2D eigenvalue weighted by Crippen LogP contribution is 2.43. The molecule has 316 valence electrons. The summed E-state index contributed by atoms with van der Waals surface area (Å²) in [5.74, 6) is -0.968. The van der Waals surface area contributed by atoms with Crippen LogP contribution in [-0.2, 0) is 32.7 Å². The number of esters is 2. The number of rotatable bonds is 38. The zero-order chi connectivity index (χ0) is 40.5. The van der Waals surface area contributed by atoms with Crippen LogP contribution in [-0.4, -0.2) is 65.7 Å². The van der Waals surface area contributed by atoms with Gasteiger partial charge in [-0.15, -0.1) is 0 Å². The summed E-state index contributed by atoms with van der Waals surface area (Å²) >= 11 is 0. The Labute approximate surface area is 333 Å². The van der Waals surface area contributed by atoms with Crippen LogP contribution in [0.15, 0.2) is 72.9 Å². The lowest BCUT2D eigenvalue weighted by molar-refractivity contribution is -0.161. The van der Waals surface area contributed by atoms with Gasteiger partial charge in [0.25, 0.3) is 0 Å². The summed E-state index contributed by atoms with van der Waals surface area (Å²) in [4.78, 5) is 35.0. The van der Waals surface area contributed by atoms with Crippen LogP contribution >= 0.6 is 7.82 Å². The number of hydrogen-bond acceptors (Lipinski definition) is 9. The molecule has 0 radical (unpaired) electrons. The maximum atomic E-state index is 12.6. The summed E-state index contributed by atoms with van der Waals surface area (Å²) in [7, 11) is -4.63. The van der Waals surface area contributed by atoms with Crippen molar-refractivity contribution >= 4 is 19.8 Å². The SMILES string of the molecule is CC/C=C/C=C/C=C/C=C/CCCCCCCC(=O)OC[C@H](COP(=O)(O)OC[C@@H](O)CO)OC(=O)CCCCCCCCC/C=C/C/C=C/CCCCC. The van der Waals surface area contributed by atoms with E-state index < -0.39 is 51.8 Å². The molecule has 0 amide bonds. The molecule has 0 saturated heterocycles. The summed E-state index contributed by atoms with van der Waals surface area (Å²) < 4.78 is 32.7. The summed E-state index contributed by atoms with van der Waals surface area (Å²) in [5.41, 5.74) is 0. The number of ether oxygens (including phenoxy) is 2. The smallest absolute Gasteiger partial charge is 0.462 e. The van der Waals surface area contributed by atoms with Crippen molar-refractivity contribution in [2.24, 2.45) is 0 Å². The van der Waals surface area contributed by atoms with Gasteiger partial charge >= 0.3 is 19.8 Å². The fourth-order valence-corrected chi connectivity index (χ4v) is 6.00. The number of phosphoric acid groups is 1. The fraction of sp³-hybridized carbons (Fsp3) is 0.682. The fourth-order valence-electron chi connectivity index (χ4n) is 5.21. The van der Waals surface area contributed by atoms with Crippen molar-refractivity contribution in [2.45, 2.75) is 167 Å². The monoisotopic (exact) mass is 795 g/mol. The van der Waals surface area contributed by atoms with Gasteiger partial charge in [0.15, 0.2) is 6.10 Å². The average Bonchev–Trinajstić information content (AvgIpc) is 3.17. The van der Waals surface area contributed by atoms with Gasteiger partial charge in [0, 0.05) is 12.8 Å². The summed E-state index contributed by atoms with van der Waals surface area (Å²) in [6, 6.07) is 0. The van der Waals surface area contributed by atoms with E-state index in [9.17, 15) is 24.2 Å². The van der Waals surface area contributed by atoms with Gasteiger partial charge in [0.1, 0.15) is 12.7 Å². The maximum absolute atomic E-state index is 12.6. The predicted octanol–water partition coefficient (Wildman–Crippen LogP) is 10.9. The van der Waals surface area contributed by atoms with Crippen LogP contribution in [0.1, 0.15) is 155 Å². The summed E-state index contributed by atoms with van der Waals surface area (Å²) in [6.07, 6.45) is 44.3. The van der Waals surface area contributed by atoms with Gasteiger partial charge in [-0.2, -0.15) is 0 Å². The second kappa shape index (κ2) is 39.6. The minimum Gasteiger partial charge on any atom is -0.462 e. The van der Waals surface area contributed by atoms with Crippen LogP contribution in [0.2, 0.25) is 0 Å². The molecule has 1 unspecified atom stereocenters. The van der Waals surface area contributed by atoms with E-state index in [1.54, 1.807) is 0 Å². The largest absolute Gasteiger partial charge is 0.472 e. The van der Waals surface area contributed by atoms with E-state index in [1.165, 1.54) is 38.5 Å². The second-order valence-electron chi connectivity index (χ2n) is 13.7. The zero-order valence-corrected chi connectivity index (χ0v) is 35.0. The first kappa shape index (κ1) is 52.4. The number of aliphatic hydroxyl groups is 2. The van der Waals surface area contributed by atoms with Gasteiger partial charge < -0.3 is 24.6 Å². The van der Waals surface area contributed by atoms with Crippen LogP contribution in [0, 0.1) is 0 Å². The highest BCUT2D eigenvalue weighted by molar-refractivity contribution is 7.47. The van der Waals surface area contributed by atoms with E-state index >= 15 is 0 Å². The molecule has 3 N–H and O–H groups in total. The summed E-state index contributed by atoms with van der Waals surface area (Å²) in [6.45, 7) is 2.16. The van der Waals surface area contributed by atoms with Crippen LogP contribution in [0.25, 0.3) is 0 Å². The number of hydrogen-bond donors (Lipinski definition) is 3. The summed E-state index contributed by atoms with van der Waals surface area (Å²) in [5, 5.41) is 18.3. The van der Waals surface area contributed by atoms with Gasteiger partial charge in [0.05, 0.1) is 19.8 Å². The van der Waals surface area contributed by atoms with E-state index in [-0.39, 0.29) is 19.4 Å². The molecule has 0 bridgehead atoms. The Morgan fingerprint density at radius 3 is 1.65 bits per heavy atom. The average molecular weight is 795 g/mol. The molecular weight excluding hydrogens is 719 g/mol. The van der Waals surface area contributed by atoms with Crippen molar-refractivity contribution in [3.63, 3.8) is 0 Å². The quantitative estimate of drug-likeness (QED) is 0.0181. The molecule has 0 aliphatic carbocycles. The molecule has 0 aliphatic heterocycles. The Bertz CT molecular complexity index is 1140. The minimum atomic E-state index is -4.63. The van der Waals surface area contributed by atoms with E-state index in [0.29, 0.717) is 12.8 Å². The highest BCUT2D eigenvalue weighted by Gasteiger charge is 2.27. The standard InChI is InChI=1S/C44H75O10P/c1-3-5-7-9-11-13-15-17-19-20-22-24-26-28-30-32-34-36-44(48)54-42(40-53-55(49,50)52-38-41(46)37-45)39-51-43(47)35-33-31-29-27-25-23-21-18-16-14-12-10-8-6-4-2/h6,8,10-14,16-19,21,41-42,45-46H,3-5,7,9,15,20,22-40H2,1-2H3,(H,49,50)/b8-6+,12-10+,13-11+,16-14+,19-17+,21-18+/t41-,42+/m0/s1. The van der Waals surface area contributed by atoms with E-state index in [0.717, 1.165) is 77.0 Å². The lowest BCUT2D eigenvalue weighted by Gasteiger charge is -2.20. The molecule has 0 rings (SSSR count). The molecule has 11 heteroatoms. The number of carbonyl (C=O) groups is 2. The third-order valence-electron chi connectivity index (χ3n) is 8.44. The van der Waals surface area contributed by atoms with E-state index in [1.807, 2.05) is 36.5 Å². The van der Waals surface area contributed by atoms with Crippen LogP contribution < -0.4 is 0 Å². The normalized spacial score (nSPS) is 14.6. The minimum absolute atomic E-state index is 0.166. The third-order valence-corrected chi connectivity index (χ3v) is 9.39. The van der Waals surface area contributed by atoms with Crippen LogP contribution in [0.3, 0.4) is 0 Å². The van der Waals surface area contributed by atoms with Crippen molar-refractivity contribution < 1.29 is 47.8 Å². The van der Waals surface area contributed by atoms with Gasteiger partial charge in [-0.25, -0.2) is 4.57 Å². The maximum Gasteiger partial charge on any atom is 0.472 e. The molecule has 0 aliphatic rings. The van der Waals surface area contributed by atoms with Gasteiger partial charge in [-0.3, -0.25) is 18.6 Å². The molecule has 0 heterocycles. The number of allylic oxidation sites excluding steroid dienone is 12. The topological polar surface area (TPSA) is 149 Å². The van der Waals surface area contributed by atoms with E-state index in [4.69, 9.17) is 19.1 Å². The predicted molar refractivity (Wildman–Crippen MR) is 223 cm³/mol. The first-order valence-corrected chi connectivity index (χ1v) is 22.4. The molecule has 0 spiro atoms. The Hall–Kier alpha value is -2.59. The Kier molecular flexibility index (Phi) is 37.8. The van der Waals surface area contributed by atoms with Crippen molar-refractivity contribution in [3.8, 4) is 0 Å². The number of aliphatic hydroxyl groups excluding tert-OH is 2. The Balaban J connectivity index is 4.38. The second-order valence-corrected chi connectivity index (χ2v) is 15.2. The number of unbranched alkanes of at least 4 members (excludes halogenated alkanes) is 15. The van der Waals surface area contributed by atoms with Gasteiger partial charge in [-0.1, -0.05) is 151 Å². The van der Waals surface area contributed by atoms with Crippen molar-refractivity contribution in [1.29, 1.82) is 0 Å². The van der Waals surface area contributed by atoms with Crippen LogP contribution in [0.4, 0.5) is 0 Å². The lowest BCUT2D eigenvalue weighted by Crippen LogP contribution is -2.29. The number of carbonyl (C=O) groups excluding carboxylic acids is 2. The van der Waals surface area contributed by atoms with Crippen molar-refractivity contribution in [2.75, 3.05) is 26.4 Å². The molecular formula is C44H75O10P. The molecule has 0 aromatic carbocycles. The number of phosphoric ester groups is 1. The van der Waals surface area contributed by atoms with Crippen molar-refractivity contribution in [3.05, 3.63) is 72.9 Å². The Morgan fingerprint density at radius 2 is 1.07 bits per heavy atom.